The third-order valence-corrected chi connectivity index (χ3v) is 3.62. The van der Waals surface area contributed by atoms with Gasteiger partial charge in [-0.1, -0.05) is 6.07 Å². The van der Waals surface area contributed by atoms with Crippen LogP contribution in [-0.4, -0.2) is 26.2 Å². The average Bonchev–Trinajstić information content (AvgIpc) is 2.45. The number of nitrogens with two attached hydrogens (primary N) is 1. The van der Waals surface area contributed by atoms with Gasteiger partial charge in [-0.2, -0.15) is 0 Å². The van der Waals surface area contributed by atoms with Gasteiger partial charge in [-0.25, -0.2) is 8.78 Å². The van der Waals surface area contributed by atoms with Gasteiger partial charge >= 0.3 is 0 Å². The highest BCUT2D eigenvalue weighted by Crippen LogP contribution is 2.36. The van der Waals surface area contributed by atoms with E-state index >= 15 is 0 Å². The Kier molecular flexibility index (Phi) is 5.17. The third kappa shape index (κ3) is 3.60. The molecule has 0 heterocycles. The van der Waals surface area contributed by atoms with Crippen molar-refractivity contribution in [2.75, 3.05) is 13.7 Å². The summed E-state index contributed by atoms with van der Waals surface area (Å²) in [5.74, 6) is 1.02. The zero-order valence-electron chi connectivity index (χ0n) is 11.5. The Hall–Kier alpha value is -1.36. The van der Waals surface area contributed by atoms with Gasteiger partial charge in [0, 0.05) is 6.04 Å². The van der Waals surface area contributed by atoms with E-state index in [1.807, 2.05) is 6.07 Å². The minimum Gasteiger partial charge on any atom is -0.493 e. The second-order valence-corrected chi connectivity index (χ2v) is 4.98. The summed E-state index contributed by atoms with van der Waals surface area (Å²) >= 11 is 0. The van der Waals surface area contributed by atoms with Crippen molar-refractivity contribution in [2.24, 2.45) is 5.73 Å². The van der Waals surface area contributed by atoms with Gasteiger partial charge in [0.2, 0.25) is 0 Å². The minimum atomic E-state index is -2.51. The lowest BCUT2D eigenvalue weighted by atomic mass is 9.80. The SMILES string of the molecule is COc1ccc([C@H]2C[CH]CC[C@H]2N)cc1OCC(F)F. The number of halogens is 2. The molecule has 1 fully saturated rings. The van der Waals surface area contributed by atoms with Crippen molar-refractivity contribution in [1.29, 1.82) is 0 Å². The van der Waals surface area contributed by atoms with E-state index in [0.717, 1.165) is 24.8 Å². The molecular formula is C15H20F2NO2. The second-order valence-electron chi connectivity index (χ2n) is 4.98. The van der Waals surface area contributed by atoms with Crippen molar-refractivity contribution in [2.45, 2.75) is 37.6 Å². The van der Waals surface area contributed by atoms with Crippen LogP contribution in [0, 0.1) is 6.42 Å². The molecule has 0 aromatic heterocycles. The van der Waals surface area contributed by atoms with E-state index in [0.29, 0.717) is 11.5 Å². The fourth-order valence-corrected chi connectivity index (χ4v) is 2.56. The van der Waals surface area contributed by atoms with Crippen LogP contribution in [0.3, 0.4) is 0 Å². The highest BCUT2D eigenvalue weighted by molar-refractivity contribution is 5.44. The lowest BCUT2D eigenvalue weighted by molar-refractivity contribution is 0.0803. The summed E-state index contributed by atoms with van der Waals surface area (Å²) in [6, 6.07) is 5.54. The summed E-state index contributed by atoms with van der Waals surface area (Å²) in [6.45, 7) is -0.636. The van der Waals surface area contributed by atoms with E-state index in [-0.39, 0.29) is 12.0 Å². The van der Waals surface area contributed by atoms with Crippen molar-refractivity contribution < 1.29 is 18.3 Å². The molecule has 2 N–H and O–H groups in total. The first kappa shape index (κ1) is 15.0. The summed E-state index contributed by atoms with van der Waals surface area (Å²) in [6.07, 6.45) is 2.60. The number of benzene rings is 1. The predicted molar refractivity (Wildman–Crippen MR) is 73.4 cm³/mol. The number of hydrogen-bond donors (Lipinski definition) is 1. The van der Waals surface area contributed by atoms with Gasteiger partial charge in [-0.05, 0) is 49.3 Å². The van der Waals surface area contributed by atoms with Crippen LogP contribution in [-0.2, 0) is 0 Å². The molecule has 0 bridgehead atoms. The summed E-state index contributed by atoms with van der Waals surface area (Å²) in [5.41, 5.74) is 7.15. The molecule has 2 atom stereocenters. The van der Waals surface area contributed by atoms with Crippen molar-refractivity contribution >= 4 is 0 Å². The molecule has 2 rings (SSSR count). The van der Waals surface area contributed by atoms with E-state index in [2.05, 4.69) is 6.42 Å². The molecule has 111 valence electrons. The lowest BCUT2D eigenvalue weighted by Crippen LogP contribution is -2.31. The summed E-state index contributed by atoms with van der Waals surface area (Å²) in [4.78, 5) is 0. The molecule has 5 heteroatoms. The Balaban J connectivity index is 2.19. The van der Waals surface area contributed by atoms with Crippen LogP contribution in [0.4, 0.5) is 8.78 Å². The van der Waals surface area contributed by atoms with Crippen LogP contribution in [0.15, 0.2) is 18.2 Å². The van der Waals surface area contributed by atoms with E-state index in [1.54, 1.807) is 12.1 Å². The van der Waals surface area contributed by atoms with Crippen LogP contribution in [0.5, 0.6) is 11.5 Å². The third-order valence-electron chi connectivity index (χ3n) is 3.62. The number of alkyl halides is 2. The molecule has 0 amide bonds. The van der Waals surface area contributed by atoms with Crippen molar-refractivity contribution in [3.8, 4) is 11.5 Å². The first-order valence-electron chi connectivity index (χ1n) is 6.78. The van der Waals surface area contributed by atoms with Gasteiger partial charge in [-0.15, -0.1) is 0 Å². The molecular weight excluding hydrogens is 264 g/mol. The Bertz CT molecular complexity index is 440. The van der Waals surface area contributed by atoms with Crippen LogP contribution < -0.4 is 15.2 Å². The number of methoxy groups -OCH3 is 1. The largest absolute Gasteiger partial charge is 0.493 e. The van der Waals surface area contributed by atoms with Gasteiger partial charge < -0.3 is 15.2 Å². The van der Waals surface area contributed by atoms with Crippen LogP contribution in [0.2, 0.25) is 0 Å². The maximum Gasteiger partial charge on any atom is 0.272 e. The predicted octanol–water partition coefficient (Wildman–Crippen LogP) is 3.14. The molecule has 0 spiro atoms. The summed E-state index contributed by atoms with van der Waals surface area (Å²) in [5, 5.41) is 0. The van der Waals surface area contributed by atoms with Gasteiger partial charge in [0.05, 0.1) is 7.11 Å². The highest BCUT2D eigenvalue weighted by atomic mass is 19.3. The Morgan fingerprint density at radius 3 is 2.80 bits per heavy atom. The lowest BCUT2D eigenvalue weighted by Gasteiger charge is -2.29. The van der Waals surface area contributed by atoms with Crippen LogP contribution in [0.25, 0.3) is 0 Å². The van der Waals surface area contributed by atoms with Crippen molar-refractivity contribution in [3.63, 3.8) is 0 Å². The van der Waals surface area contributed by atoms with Crippen molar-refractivity contribution in [1.82, 2.24) is 0 Å². The molecule has 1 aliphatic rings. The first-order valence-corrected chi connectivity index (χ1v) is 6.78. The van der Waals surface area contributed by atoms with E-state index in [9.17, 15) is 8.78 Å². The van der Waals surface area contributed by atoms with Gasteiger partial charge in [0.15, 0.2) is 11.5 Å². The molecule has 20 heavy (non-hydrogen) atoms. The zero-order valence-corrected chi connectivity index (χ0v) is 11.5. The molecule has 1 aliphatic carbocycles. The molecule has 3 nitrogen and oxygen atoms in total. The fourth-order valence-electron chi connectivity index (χ4n) is 2.56. The number of hydrogen-bond acceptors (Lipinski definition) is 3. The quantitative estimate of drug-likeness (QED) is 0.903. The maximum atomic E-state index is 12.3. The molecule has 1 radical (unpaired) electrons. The molecule has 0 saturated heterocycles. The van der Waals surface area contributed by atoms with Crippen LogP contribution >= 0.6 is 0 Å². The monoisotopic (exact) mass is 284 g/mol. The Labute approximate surface area is 118 Å². The van der Waals surface area contributed by atoms with E-state index in [1.165, 1.54) is 7.11 Å². The second kappa shape index (κ2) is 6.88. The Morgan fingerprint density at radius 2 is 2.15 bits per heavy atom. The molecule has 1 aromatic carbocycles. The van der Waals surface area contributed by atoms with Gasteiger partial charge in [0.25, 0.3) is 6.43 Å². The van der Waals surface area contributed by atoms with Gasteiger partial charge in [0.1, 0.15) is 6.61 Å². The van der Waals surface area contributed by atoms with Gasteiger partial charge in [-0.3, -0.25) is 0 Å². The highest BCUT2D eigenvalue weighted by Gasteiger charge is 2.24. The molecule has 1 aromatic rings. The minimum absolute atomic E-state index is 0.0938. The van der Waals surface area contributed by atoms with E-state index < -0.39 is 13.0 Å². The van der Waals surface area contributed by atoms with Crippen molar-refractivity contribution in [3.05, 3.63) is 30.2 Å². The normalized spacial score (nSPS) is 22.9. The fraction of sp³-hybridized carbons (Fsp3) is 0.533. The number of ether oxygens (including phenoxy) is 2. The topological polar surface area (TPSA) is 44.5 Å². The smallest absolute Gasteiger partial charge is 0.272 e. The molecule has 0 aliphatic heterocycles. The molecule has 1 saturated carbocycles. The summed E-state index contributed by atoms with van der Waals surface area (Å²) in [7, 11) is 1.49. The molecule has 0 unspecified atom stereocenters. The van der Waals surface area contributed by atoms with Crippen LogP contribution in [0.1, 0.15) is 30.7 Å². The standard InChI is InChI=1S/C15H20F2NO2/c1-19-13-7-6-10(8-14(13)20-9-15(16)17)11-4-2-3-5-12(11)18/h2,6-8,11-12,15H,3-5,9,18H2,1H3/t11-,12-/m1/s1. The average molecular weight is 284 g/mol. The summed E-state index contributed by atoms with van der Waals surface area (Å²) < 4.78 is 34.8. The van der Waals surface area contributed by atoms with E-state index in [4.69, 9.17) is 15.2 Å². The Morgan fingerprint density at radius 1 is 1.35 bits per heavy atom. The zero-order chi connectivity index (χ0) is 14.5. The number of rotatable bonds is 5. The maximum absolute atomic E-state index is 12.3. The first-order chi connectivity index (χ1) is 9.61.